The smallest absolute Gasteiger partial charge is 0.278 e. The van der Waals surface area contributed by atoms with Crippen LogP contribution in [-0.2, 0) is 16.1 Å². The van der Waals surface area contributed by atoms with Crippen molar-refractivity contribution in [2.24, 2.45) is 5.92 Å². The third-order valence-corrected chi connectivity index (χ3v) is 5.54. The molecule has 1 aliphatic rings. The topological polar surface area (TPSA) is 89.3 Å². The molecule has 1 fully saturated rings. The van der Waals surface area contributed by atoms with Gasteiger partial charge in [0.25, 0.3) is 5.56 Å². The van der Waals surface area contributed by atoms with Crippen LogP contribution >= 0.6 is 0 Å². The average molecular weight is 387 g/mol. The van der Waals surface area contributed by atoms with Gasteiger partial charge in [0.15, 0.2) is 0 Å². The Bertz CT molecular complexity index is 843. The van der Waals surface area contributed by atoms with E-state index >= 15 is 0 Å². The van der Waals surface area contributed by atoms with Gasteiger partial charge in [0.2, 0.25) is 5.91 Å². The molecule has 1 aromatic carbocycles. The highest BCUT2D eigenvalue weighted by atomic mass is 16.5. The van der Waals surface area contributed by atoms with Gasteiger partial charge in [0.05, 0.1) is 18.6 Å². The fourth-order valence-electron chi connectivity index (χ4n) is 3.87. The van der Waals surface area contributed by atoms with Gasteiger partial charge >= 0.3 is 0 Å². The molecular formula is C20H29N5O3. The number of carbonyl (C=O) groups is 1. The van der Waals surface area contributed by atoms with Gasteiger partial charge in [-0.1, -0.05) is 44.0 Å². The van der Waals surface area contributed by atoms with E-state index in [0.29, 0.717) is 23.4 Å². The predicted octanol–water partition coefficient (Wildman–Crippen LogP) is 1.04. The summed E-state index contributed by atoms with van der Waals surface area (Å²) in [5, 5.41) is 11.4. The minimum atomic E-state index is -0.300. The first-order valence-electron chi connectivity index (χ1n) is 10.0. The van der Waals surface area contributed by atoms with E-state index in [1.807, 2.05) is 0 Å². The molecule has 0 radical (unpaired) electrons. The van der Waals surface area contributed by atoms with Crippen molar-refractivity contribution in [2.75, 3.05) is 32.8 Å². The molecule has 2 heterocycles. The standard InChI is InChI=1S/C20H29N5O3/c1-3-15(4-2)18(24-9-11-28-12-10-24)13-21-19(26)14-25-20(27)16-7-5-6-8-17(16)22-23-25/h5-8,15,18H,3-4,9-14H2,1-2H3,(H,21,26). The summed E-state index contributed by atoms with van der Waals surface area (Å²) in [6.07, 6.45) is 2.12. The van der Waals surface area contributed by atoms with Gasteiger partial charge in [0, 0.05) is 25.7 Å². The zero-order valence-electron chi connectivity index (χ0n) is 16.6. The number of fused-ring (bicyclic) bond motifs is 1. The normalized spacial score (nSPS) is 16.4. The quantitative estimate of drug-likeness (QED) is 0.728. The highest BCUT2D eigenvalue weighted by Crippen LogP contribution is 2.19. The lowest BCUT2D eigenvalue weighted by Gasteiger charge is -2.38. The van der Waals surface area contributed by atoms with Crippen molar-refractivity contribution in [1.29, 1.82) is 0 Å². The van der Waals surface area contributed by atoms with Crippen molar-refractivity contribution < 1.29 is 9.53 Å². The second kappa shape index (κ2) is 9.75. The first-order chi connectivity index (χ1) is 13.6. The van der Waals surface area contributed by atoms with Crippen LogP contribution in [0.2, 0.25) is 0 Å². The Hall–Kier alpha value is -2.32. The summed E-state index contributed by atoms with van der Waals surface area (Å²) in [5.74, 6) is 0.275. The second-order valence-electron chi connectivity index (χ2n) is 7.17. The molecule has 1 N–H and O–H groups in total. The van der Waals surface area contributed by atoms with Crippen molar-refractivity contribution in [3.63, 3.8) is 0 Å². The Morgan fingerprint density at radius 1 is 1.21 bits per heavy atom. The zero-order valence-corrected chi connectivity index (χ0v) is 16.6. The molecule has 8 heteroatoms. The van der Waals surface area contributed by atoms with Gasteiger partial charge in [-0.3, -0.25) is 14.5 Å². The van der Waals surface area contributed by atoms with Gasteiger partial charge in [-0.15, -0.1) is 5.10 Å². The molecule has 1 amide bonds. The van der Waals surface area contributed by atoms with Gasteiger partial charge in [-0.05, 0) is 18.1 Å². The van der Waals surface area contributed by atoms with E-state index in [9.17, 15) is 9.59 Å². The largest absolute Gasteiger partial charge is 0.379 e. The molecule has 0 spiro atoms. The van der Waals surface area contributed by atoms with Crippen molar-refractivity contribution in [1.82, 2.24) is 25.2 Å². The summed E-state index contributed by atoms with van der Waals surface area (Å²) < 4.78 is 6.59. The molecule has 8 nitrogen and oxygen atoms in total. The molecule has 1 saturated heterocycles. The Balaban J connectivity index is 1.66. The molecular weight excluding hydrogens is 358 g/mol. The molecule has 1 unspecified atom stereocenters. The first-order valence-corrected chi connectivity index (χ1v) is 10.0. The predicted molar refractivity (Wildman–Crippen MR) is 107 cm³/mol. The number of morpholine rings is 1. The van der Waals surface area contributed by atoms with Crippen LogP contribution in [-0.4, -0.2) is 64.7 Å². The van der Waals surface area contributed by atoms with Crippen LogP contribution in [0, 0.1) is 5.92 Å². The number of hydrogen-bond donors (Lipinski definition) is 1. The number of hydrogen-bond acceptors (Lipinski definition) is 6. The van der Waals surface area contributed by atoms with Crippen molar-refractivity contribution >= 4 is 16.8 Å². The van der Waals surface area contributed by atoms with Crippen LogP contribution in [0.1, 0.15) is 26.7 Å². The summed E-state index contributed by atoms with van der Waals surface area (Å²) in [7, 11) is 0. The summed E-state index contributed by atoms with van der Waals surface area (Å²) in [4.78, 5) is 27.4. The summed E-state index contributed by atoms with van der Waals surface area (Å²) in [6, 6.07) is 7.27. The number of rotatable bonds is 8. The molecule has 0 saturated carbocycles. The van der Waals surface area contributed by atoms with Crippen LogP contribution in [0.25, 0.3) is 10.9 Å². The van der Waals surface area contributed by atoms with Gasteiger partial charge in [-0.25, -0.2) is 4.68 Å². The molecule has 152 valence electrons. The fourth-order valence-corrected chi connectivity index (χ4v) is 3.87. The lowest BCUT2D eigenvalue weighted by atomic mass is 9.92. The van der Waals surface area contributed by atoms with Crippen molar-refractivity contribution in [2.45, 2.75) is 39.3 Å². The number of aromatic nitrogens is 3. The zero-order chi connectivity index (χ0) is 19.9. The number of ether oxygens (including phenoxy) is 1. The van der Waals surface area contributed by atoms with Crippen LogP contribution in [0.5, 0.6) is 0 Å². The Kier molecular flexibility index (Phi) is 7.11. The minimum absolute atomic E-state index is 0.130. The Labute approximate surface area is 164 Å². The van der Waals surface area contributed by atoms with Crippen molar-refractivity contribution in [3.8, 4) is 0 Å². The van der Waals surface area contributed by atoms with Gasteiger partial charge < -0.3 is 10.1 Å². The highest BCUT2D eigenvalue weighted by molar-refractivity contribution is 5.78. The number of amides is 1. The van der Waals surface area contributed by atoms with E-state index in [1.54, 1.807) is 24.3 Å². The third-order valence-electron chi connectivity index (χ3n) is 5.54. The second-order valence-corrected chi connectivity index (χ2v) is 7.17. The van der Waals surface area contributed by atoms with Crippen LogP contribution in [0.4, 0.5) is 0 Å². The van der Waals surface area contributed by atoms with E-state index in [4.69, 9.17) is 4.74 Å². The molecule has 28 heavy (non-hydrogen) atoms. The van der Waals surface area contributed by atoms with Crippen LogP contribution in [0.15, 0.2) is 29.1 Å². The fraction of sp³-hybridized carbons (Fsp3) is 0.600. The SMILES string of the molecule is CCC(CC)C(CNC(=O)Cn1nnc2ccccc2c1=O)N1CCOCC1. The van der Waals surface area contributed by atoms with Crippen LogP contribution < -0.4 is 10.9 Å². The van der Waals surface area contributed by atoms with E-state index in [-0.39, 0.29) is 24.1 Å². The molecule has 2 aromatic rings. The van der Waals surface area contributed by atoms with Crippen LogP contribution in [0.3, 0.4) is 0 Å². The lowest BCUT2D eigenvalue weighted by molar-refractivity contribution is -0.122. The molecule has 1 aliphatic heterocycles. The van der Waals surface area contributed by atoms with Gasteiger partial charge in [0.1, 0.15) is 12.1 Å². The maximum Gasteiger partial charge on any atom is 0.278 e. The summed E-state index contributed by atoms with van der Waals surface area (Å²) >= 11 is 0. The van der Waals surface area contributed by atoms with Gasteiger partial charge in [-0.2, -0.15) is 0 Å². The molecule has 0 aliphatic carbocycles. The molecule has 1 aromatic heterocycles. The van der Waals surface area contributed by atoms with E-state index < -0.39 is 0 Å². The summed E-state index contributed by atoms with van der Waals surface area (Å²) in [5.41, 5.74) is 0.232. The molecule has 3 rings (SSSR count). The number of carbonyl (C=O) groups excluding carboxylic acids is 1. The molecule has 1 atom stereocenters. The third kappa shape index (κ3) is 4.74. The monoisotopic (exact) mass is 387 g/mol. The van der Waals surface area contributed by atoms with Crippen molar-refractivity contribution in [3.05, 3.63) is 34.6 Å². The first kappa shape index (κ1) is 20.4. The maximum atomic E-state index is 12.5. The minimum Gasteiger partial charge on any atom is -0.379 e. The lowest BCUT2D eigenvalue weighted by Crippen LogP contribution is -2.52. The molecule has 0 bridgehead atoms. The Morgan fingerprint density at radius 2 is 1.93 bits per heavy atom. The van der Waals surface area contributed by atoms with E-state index in [1.165, 1.54) is 0 Å². The van der Waals surface area contributed by atoms with E-state index in [0.717, 1.165) is 43.8 Å². The Morgan fingerprint density at radius 3 is 2.64 bits per heavy atom. The maximum absolute atomic E-state index is 12.5. The van der Waals surface area contributed by atoms with E-state index in [2.05, 4.69) is 34.4 Å². The average Bonchev–Trinajstić information content (AvgIpc) is 2.74. The number of nitrogens with zero attached hydrogens (tertiary/aromatic N) is 4. The summed E-state index contributed by atoms with van der Waals surface area (Å²) in [6.45, 7) is 8.02. The number of nitrogens with one attached hydrogen (secondary N) is 1. The highest BCUT2D eigenvalue weighted by Gasteiger charge is 2.27. The number of benzene rings is 1.